The van der Waals surface area contributed by atoms with Crippen molar-refractivity contribution in [2.24, 2.45) is 5.92 Å². The second-order valence-corrected chi connectivity index (χ2v) is 3.97. The Bertz CT molecular complexity index is 275. The SMILES string of the molecule is CCOC(=O)C(C)(O)C1CCN(C)C1=O. The van der Waals surface area contributed by atoms with Gasteiger partial charge in [-0.15, -0.1) is 0 Å². The predicted molar refractivity (Wildman–Crippen MR) is 53.0 cm³/mol. The highest BCUT2D eigenvalue weighted by molar-refractivity contribution is 5.90. The Labute approximate surface area is 89.0 Å². The molecule has 0 aromatic heterocycles. The van der Waals surface area contributed by atoms with Crippen molar-refractivity contribution in [1.29, 1.82) is 0 Å². The Kier molecular flexibility index (Phi) is 3.34. The van der Waals surface area contributed by atoms with Gasteiger partial charge in [0, 0.05) is 13.6 Å². The van der Waals surface area contributed by atoms with E-state index in [1.807, 2.05) is 0 Å². The van der Waals surface area contributed by atoms with Crippen LogP contribution in [-0.4, -0.2) is 47.7 Å². The molecule has 0 aliphatic carbocycles. The molecule has 5 nitrogen and oxygen atoms in total. The van der Waals surface area contributed by atoms with E-state index < -0.39 is 17.5 Å². The van der Waals surface area contributed by atoms with E-state index in [-0.39, 0.29) is 12.5 Å². The summed E-state index contributed by atoms with van der Waals surface area (Å²) in [4.78, 5) is 24.6. The largest absolute Gasteiger partial charge is 0.464 e. The smallest absolute Gasteiger partial charge is 0.338 e. The average Bonchev–Trinajstić information content (AvgIpc) is 2.48. The van der Waals surface area contributed by atoms with E-state index in [4.69, 9.17) is 4.74 Å². The maximum Gasteiger partial charge on any atom is 0.338 e. The van der Waals surface area contributed by atoms with Crippen LogP contribution in [0.4, 0.5) is 0 Å². The third-order valence-electron chi connectivity index (χ3n) is 2.79. The highest BCUT2D eigenvalue weighted by atomic mass is 16.5. The van der Waals surface area contributed by atoms with Crippen LogP contribution in [0.25, 0.3) is 0 Å². The van der Waals surface area contributed by atoms with Gasteiger partial charge in [0.25, 0.3) is 0 Å². The van der Waals surface area contributed by atoms with Gasteiger partial charge in [-0.2, -0.15) is 0 Å². The number of likely N-dealkylation sites (tertiary alicyclic amines) is 1. The molecule has 0 radical (unpaired) electrons. The van der Waals surface area contributed by atoms with Gasteiger partial charge in [0.05, 0.1) is 12.5 Å². The lowest BCUT2D eigenvalue weighted by molar-refractivity contribution is -0.171. The summed E-state index contributed by atoms with van der Waals surface area (Å²) in [6, 6.07) is 0. The number of amides is 1. The second-order valence-electron chi connectivity index (χ2n) is 3.97. The number of esters is 1. The molecule has 1 aliphatic rings. The topological polar surface area (TPSA) is 66.8 Å². The molecular formula is C10H17NO4. The number of hydrogen-bond acceptors (Lipinski definition) is 4. The molecule has 5 heteroatoms. The minimum atomic E-state index is -1.71. The summed E-state index contributed by atoms with van der Waals surface area (Å²) >= 11 is 0. The van der Waals surface area contributed by atoms with Crippen LogP contribution < -0.4 is 0 Å². The lowest BCUT2D eigenvalue weighted by atomic mass is 9.88. The van der Waals surface area contributed by atoms with Crippen molar-refractivity contribution in [2.45, 2.75) is 25.9 Å². The molecule has 1 amide bonds. The zero-order valence-corrected chi connectivity index (χ0v) is 9.32. The number of carbonyl (C=O) groups is 2. The van der Waals surface area contributed by atoms with Gasteiger partial charge in [0.15, 0.2) is 5.60 Å². The Morgan fingerprint density at radius 3 is 2.73 bits per heavy atom. The third kappa shape index (κ3) is 2.12. The fourth-order valence-corrected chi connectivity index (χ4v) is 1.76. The summed E-state index contributed by atoms with van der Waals surface area (Å²) < 4.78 is 4.74. The number of rotatable bonds is 3. The molecule has 0 spiro atoms. The van der Waals surface area contributed by atoms with Crippen molar-refractivity contribution in [3.05, 3.63) is 0 Å². The molecule has 1 fully saturated rings. The van der Waals surface area contributed by atoms with Crippen molar-refractivity contribution >= 4 is 11.9 Å². The van der Waals surface area contributed by atoms with Gasteiger partial charge in [-0.1, -0.05) is 0 Å². The fraction of sp³-hybridized carbons (Fsp3) is 0.800. The normalized spacial score (nSPS) is 25.2. The number of carbonyl (C=O) groups excluding carboxylic acids is 2. The summed E-state index contributed by atoms with van der Waals surface area (Å²) in [5.41, 5.74) is -1.71. The van der Waals surface area contributed by atoms with Gasteiger partial charge in [0.2, 0.25) is 5.91 Å². The molecule has 0 saturated carbocycles. The van der Waals surface area contributed by atoms with Gasteiger partial charge in [-0.05, 0) is 20.3 Å². The predicted octanol–water partition coefficient (Wildman–Crippen LogP) is -0.221. The maximum atomic E-state index is 11.6. The van der Waals surface area contributed by atoms with E-state index in [1.54, 1.807) is 14.0 Å². The second kappa shape index (κ2) is 4.18. The first-order valence-corrected chi connectivity index (χ1v) is 5.05. The zero-order valence-electron chi connectivity index (χ0n) is 9.32. The Balaban J connectivity index is 2.77. The number of ether oxygens (including phenoxy) is 1. The van der Waals surface area contributed by atoms with Crippen molar-refractivity contribution in [3.8, 4) is 0 Å². The summed E-state index contributed by atoms with van der Waals surface area (Å²) in [6.45, 7) is 3.77. The van der Waals surface area contributed by atoms with Gasteiger partial charge >= 0.3 is 5.97 Å². The van der Waals surface area contributed by atoms with Crippen LogP contribution in [-0.2, 0) is 14.3 Å². The van der Waals surface area contributed by atoms with Gasteiger partial charge < -0.3 is 14.7 Å². The van der Waals surface area contributed by atoms with Crippen LogP contribution >= 0.6 is 0 Å². The average molecular weight is 215 g/mol. The van der Waals surface area contributed by atoms with Crippen molar-refractivity contribution in [1.82, 2.24) is 4.90 Å². The molecule has 1 rings (SSSR count). The van der Waals surface area contributed by atoms with Crippen molar-refractivity contribution < 1.29 is 19.4 Å². The minimum Gasteiger partial charge on any atom is -0.464 e. The molecule has 1 N–H and O–H groups in total. The first-order chi connectivity index (χ1) is 6.91. The maximum absolute atomic E-state index is 11.6. The van der Waals surface area contributed by atoms with E-state index in [0.29, 0.717) is 13.0 Å². The van der Waals surface area contributed by atoms with Crippen molar-refractivity contribution in [3.63, 3.8) is 0 Å². The third-order valence-corrected chi connectivity index (χ3v) is 2.79. The molecule has 1 aliphatic heterocycles. The molecular weight excluding hydrogens is 198 g/mol. The molecule has 1 heterocycles. The fourth-order valence-electron chi connectivity index (χ4n) is 1.76. The number of hydrogen-bond donors (Lipinski definition) is 1. The molecule has 2 atom stereocenters. The van der Waals surface area contributed by atoms with E-state index in [2.05, 4.69) is 0 Å². The van der Waals surface area contributed by atoms with Crippen LogP contribution in [0.3, 0.4) is 0 Å². The first kappa shape index (κ1) is 12.0. The molecule has 1 saturated heterocycles. The molecule has 2 unspecified atom stereocenters. The van der Waals surface area contributed by atoms with Crippen molar-refractivity contribution in [2.75, 3.05) is 20.2 Å². The van der Waals surface area contributed by atoms with Gasteiger partial charge in [0.1, 0.15) is 0 Å². The zero-order chi connectivity index (χ0) is 11.6. The van der Waals surface area contributed by atoms with Crippen LogP contribution in [0.5, 0.6) is 0 Å². The quantitative estimate of drug-likeness (QED) is 0.661. The number of aliphatic hydroxyl groups is 1. The summed E-state index contributed by atoms with van der Waals surface area (Å²) in [5.74, 6) is -1.60. The molecule has 86 valence electrons. The minimum absolute atomic E-state index is 0.200. The summed E-state index contributed by atoms with van der Waals surface area (Å²) in [5, 5.41) is 9.98. The molecule has 15 heavy (non-hydrogen) atoms. The van der Waals surface area contributed by atoms with Gasteiger partial charge in [-0.3, -0.25) is 4.79 Å². The standard InChI is InChI=1S/C10H17NO4/c1-4-15-9(13)10(2,14)7-5-6-11(3)8(7)12/h7,14H,4-6H2,1-3H3. The highest BCUT2D eigenvalue weighted by Crippen LogP contribution is 2.29. The number of nitrogens with zero attached hydrogens (tertiary/aromatic N) is 1. The highest BCUT2D eigenvalue weighted by Gasteiger charge is 2.48. The van der Waals surface area contributed by atoms with Crippen LogP contribution in [0.15, 0.2) is 0 Å². The molecule has 0 bridgehead atoms. The lowest BCUT2D eigenvalue weighted by Crippen LogP contribution is -2.47. The Morgan fingerprint density at radius 1 is 1.73 bits per heavy atom. The van der Waals surface area contributed by atoms with Crippen LogP contribution in [0.2, 0.25) is 0 Å². The van der Waals surface area contributed by atoms with Crippen LogP contribution in [0.1, 0.15) is 20.3 Å². The summed E-state index contributed by atoms with van der Waals surface area (Å²) in [7, 11) is 1.66. The summed E-state index contributed by atoms with van der Waals surface area (Å²) in [6.07, 6.45) is 0.487. The molecule has 0 aromatic carbocycles. The Hall–Kier alpha value is -1.10. The molecule has 0 aromatic rings. The Morgan fingerprint density at radius 2 is 2.33 bits per heavy atom. The van der Waals surface area contributed by atoms with Crippen LogP contribution in [0, 0.1) is 5.92 Å². The lowest BCUT2D eigenvalue weighted by Gasteiger charge is -2.26. The van der Waals surface area contributed by atoms with E-state index in [0.717, 1.165) is 0 Å². The first-order valence-electron chi connectivity index (χ1n) is 5.05. The van der Waals surface area contributed by atoms with E-state index >= 15 is 0 Å². The van der Waals surface area contributed by atoms with Gasteiger partial charge in [-0.25, -0.2) is 4.79 Å². The van der Waals surface area contributed by atoms with E-state index in [9.17, 15) is 14.7 Å². The van der Waals surface area contributed by atoms with E-state index in [1.165, 1.54) is 11.8 Å². The monoisotopic (exact) mass is 215 g/mol.